The summed E-state index contributed by atoms with van der Waals surface area (Å²) in [6.07, 6.45) is 5.59. The number of piperazine rings is 1. The molecule has 2 saturated carbocycles. The average molecular weight is 505 g/mol. The molecular weight excluding hydrogens is 469 g/mol. The highest BCUT2D eigenvalue weighted by Gasteiger charge is 2.66. The number of fused-ring (bicyclic) bond motifs is 2. The molecule has 4 aliphatic rings. The lowest BCUT2D eigenvalue weighted by Gasteiger charge is -2.63. The SMILES string of the molecule is CN=C(NC1C2CCOC2C12CCC2)N1CCN(CC(=O)NC(C)C)CC1.I. The van der Waals surface area contributed by atoms with E-state index in [-0.39, 0.29) is 35.9 Å². The first kappa shape index (κ1) is 22.1. The zero-order valence-electron chi connectivity index (χ0n) is 17.4. The number of nitrogens with zero attached hydrogens (tertiary/aromatic N) is 3. The van der Waals surface area contributed by atoms with E-state index in [1.54, 1.807) is 0 Å². The van der Waals surface area contributed by atoms with Gasteiger partial charge in [0.1, 0.15) is 0 Å². The van der Waals surface area contributed by atoms with Crippen LogP contribution < -0.4 is 10.6 Å². The monoisotopic (exact) mass is 505 g/mol. The maximum atomic E-state index is 12.0. The Morgan fingerprint density at radius 3 is 2.54 bits per heavy atom. The maximum absolute atomic E-state index is 12.0. The number of amides is 1. The standard InChI is InChI=1S/C20H35N5O2.HI/c1-14(2)22-16(26)13-24-8-10-25(11-9-24)19(21-3)23-17-15-5-12-27-18(15)20(17)6-4-7-20;/h14-15,17-18H,4-13H2,1-3H3,(H,21,23)(H,22,26);1H. The molecule has 4 rings (SSSR count). The Morgan fingerprint density at radius 2 is 1.96 bits per heavy atom. The average Bonchev–Trinajstić information content (AvgIpc) is 3.00. The first-order chi connectivity index (χ1) is 13.0. The van der Waals surface area contributed by atoms with Crippen LogP contribution in [0.25, 0.3) is 0 Å². The van der Waals surface area contributed by atoms with Crippen molar-refractivity contribution in [2.45, 2.75) is 57.7 Å². The molecule has 2 saturated heterocycles. The van der Waals surface area contributed by atoms with Crippen molar-refractivity contribution in [3.05, 3.63) is 0 Å². The molecule has 0 radical (unpaired) electrons. The highest BCUT2D eigenvalue weighted by Crippen LogP contribution is 2.62. The first-order valence-corrected chi connectivity index (χ1v) is 10.6. The third-order valence-corrected chi connectivity index (χ3v) is 7.02. The van der Waals surface area contributed by atoms with Crippen molar-refractivity contribution in [1.29, 1.82) is 0 Å². The fourth-order valence-corrected chi connectivity index (χ4v) is 5.58. The summed E-state index contributed by atoms with van der Waals surface area (Å²) in [5, 5.41) is 6.79. The van der Waals surface area contributed by atoms with Crippen molar-refractivity contribution in [3.8, 4) is 0 Å². The molecule has 0 bridgehead atoms. The van der Waals surface area contributed by atoms with Gasteiger partial charge in [-0.2, -0.15) is 0 Å². The quantitative estimate of drug-likeness (QED) is 0.343. The van der Waals surface area contributed by atoms with Crippen LogP contribution in [0.1, 0.15) is 39.5 Å². The zero-order valence-corrected chi connectivity index (χ0v) is 19.8. The van der Waals surface area contributed by atoms with Crippen LogP contribution in [0.5, 0.6) is 0 Å². The Balaban J connectivity index is 0.00000225. The highest BCUT2D eigenvalue weighted by molar-refractivity contribution is 14.0. The summed E-state index contributed by atoms with van der Waals surface area (Å²) < 4.78 is 6.04. The second-order valence-electron chi connectivity index (χ2n) is 8.99. The summed E-state index contributed by atoms with van der Waals surface area (Å²) in [6.45, 7) is 9.05. The summed E-state index contributed by atoms with van der Waals surface area (Å²) in [5.41, 5.74) is 0.369. The molecule has 2 aliphatic heterocycles. The van der Waals surface area contributed by atoms with E-state index in [9.17, 15) is 4.79 Å². The van der Waals surface area contributed by atoms with Gasteiger partial charge in [0, 0.05) is 63.3 Å². The van der Waals surface area contributed by atoms with Gasteiger partial charge in [-0.15, -0.1) is 24.0 Å². The van der Waals surface area contributed by atoms with Crippen LogP contribution in [0.2, 0.25) is 0 Å². The number of aliphatic imine (C=N–C) groups is 1. The minimum absolute atomic E-state index is 0. The van der Waals surface area contributed by atoms with Crippen LogP contribution in [0.3, 0.4) is 0 Å². The Labute approximate surface area is 186 Å². The number of hydrogen-bond donors (Lipinski definition) is 2. The van der Waals surface area contributed by atoms with E-state index < -0.39 is 0 Å². The molecule has 0 aromatic rings. The Hall–Kier alpha value is -0.610. The molecule has 7 nitrogen and oxygen atoms in total. The molecule has 2 heterocycles. The van der Waals surface area contributed by atoms with Crippen LogP contribution in [-0.2, 0) is 9.53 Å². The number of hydrogen-bond acceptors (Lipinski definition) is 4. The molecular formula is C20H36IN5O2. The molecule has 160 valence electrons. The molecule has 1 amide bonds. The van der Waals surface area contributed by atoms with Gasteiger partial charge in [0.05, 0.1) is 12.6 Å². The van der Waals surface area contributed by atoms with Crippen molar-refractivity contribution < 1.29 is 9.53 Å². The summed E-state index contributed by atoms with van der Waals surface area (Å²) >= 11 is 0. The van der Waals surface area contributed by atoms with E-state index >= 15 is 0 Å². The fourth-order valence-electron chi connectivity index (χ4n) is 5.58. The second kappa shape index (κ2) is 9.04. The number of rotatable bonds is 4. The number of nitrogens with one attached hydrogen (secondary N) is 2. The van der Waals surface area contributed by atoms with Crippen LogP contribution in [0.4, 0.5) is 0 Å². The van der Waals surface area contributed by atoms with Gasteiger partial charge in [-0.1, -0.05) is 6.42 Å². The van der Waals surface area contributed by atoms with Gasteiger partial charge in [0.15, 0.2) is 5.96 Å². The summed E-state index contributed by atoms with van der Waals surface area (Å²) in [5.74, 6) is 1.81. The second-order valence-corrected chi connectivity index (χ2v) is 8.99. The number of guanidine groups is 1. The number of halogens is 1. The maximum Gasteiger partial charge on any atom is 0.234 e. The fraction of sp³-hybridized carbons (Fsp3) is 0.900. The van der Waals surface area contributed by atoms with E-state index in [1.807, 2.05) is 20.9 Å². The molecule has 2 aliphatic carbocycles. The van der Waals surface area contributed by atoms with Gasteiger partial charge in [0.25, 0.3) is 0 Å². The van der Waals surface area contributed by atoms with Crippen LogP contribution in [0.15, 0.2) is 4.99 Å². The van der Waals surface area contributed by atoms with E-state index in [1.165, 1.54) is 25.7 Å². The lowest BCUT2D eigenvalue weighted by Crippen LogP contribution is -2.73. The number of carbonyl (C=O) groups is 1. The van der Waals surface area contributed by atoms with Crippen molar-refractivity contribution in [2.75, 3.05) is 46.4 Å². The van der Waals surface area contributed by atoms with Gasteiger partial charge in [-0.25, -0.2) is 0 Å². The Bertz CT molecular complexity index is 587. The zero-order chi connectivity index (χ0) is 19.0. The largest absolute Gasteiger partial charge is 0.377 e. The molecule has 1 spiro atoms. The lowest BCUT2D eigenvalue weighted by molar-refractivity contribution is -0.171. The molecule has 0 aromatic carbocycles. The lowest BCUT2D eigenvalue weighted by atomic mass is 9.46. The van der Waals surface area contributed by atoms with E-state index in [0.29, 0.717) is 30.0 Å². The van der Waals surface area contributed by atoms with Crippen LogP contribution >= 0.6 is 24.0 Å². The Kier molecular flexibility index (Phi) is 7.13. The molecule has 8 heteroatoms. The smallest absolute Gasteiger partial charge is 0.234 e. The van der Waals surface area contributed by atoms with Crippen molar-refractivity contribution >= 4 is 35.8 Å². The number of ether oxygens (including phenoxy) is 1. The predicted molar refractivity (Wildman–Crippen MR) is 121 cm³/mol. The van der Waals surface area contributed by atoms with Gasteiger partial charge in [-0.3, -0.25) is 14.7 Å². The van der Waals surface area contributed by atoms with Crippen molar-refractivity contribution in [2.24, 2.45) is 16.3 Å². The van der Waals surface area contributed by atoms with Crippen LogP contribution in [0, 0.1) is 11.3 Å². The topological polar surface area (TPSA) is 69.2 Å². The molecule has 3 unspecified atom stereocenters. The number of carbonyl (C=O) groups excluding carboxylic acids is 1. The van der Waals surface area contributed by atoms with Gasteiger partial charge in [0.2, 0.25) is 5.91 Å². The minimum Gasteiger partial charge on any atom is -0.377 e. The van der Waals surface area contributed by atoms with Gasteiger partial charge < -0.3 is 20.3 Å². The normalized spacial score (nSPS) is 31.6. The van der Waals surface area contributed by atoms with Crippen LogP contribution in [-0.4, -0.2) is 86.2 Å². The molecule has 4 fully saturated rings. The summed E-state index contributed by atoms with van der Waals surface area (Å²) in [7, 11) is 1.89. The van der Waals surface area contributed by atoms with Gasteiger partial charge in [-0.05, 0) is 33.1 Å². The van der Waals surface area contributed by atoms with E-state index in [2.05, 4.69) is 25.4 Å². The molecule has 0 aromatic heterocycles. The minimum atomic E-state index is 0. The van der Waals surface area contributed by atoms with E-state index in [0.717, 1.165) is 38.7 Å². The van der Waals surface area contributed by atoms with Crippen molar-refractivity contribution in [3.63, 3.8) is 0 Å². The Morgan fingerprint density at radius 1 is 1.25 bits per heavy atom. The summed E-state index contributed by atoms with van der Waals surface area (Å²) in [6, 6.07) is 0.721. The van der Waals surface area contributed by atoms with E-state index in [4.69, 9.17) is 4.74 Å². The first-order valence-electron chi connectivity index (χ1n) is 10.6. The highest BCUT2D eigenvalue weighted by atomic mass is 127. The predicted octanol–water partition coefficient (Wildman–Crippen LogP) is 1.28. The third kappa shape index (κ3) is 4.01. The third-order valence-electron chi connectivity index (χ3n) is 7.02. The molecule has 28 heavy (non-hydrogen) atoms. The molecule has 2 N–H and O–H groups in total. The van der Waals surface area contributed by atoms with Crippen molar-refractivity contribution in [1.82, 2.24) is 20.4 Å². The molecule has 3 atom stereocenters. The summed E-state index contributed by atoms with van der Waals surface area (Å²) in [4.78, 5) is 21.2. The van der Waals surface area contributed by atoms with Gasteiger partial charge >= 0.3 is 0 Å².